The van der Waals surface area contributed by atoms with Crippen molar-refractivity contribution in [2.75, 3.05) is 18.5 Å². The van der Waals surface area contributed by atoms with E-state index >= 15 is 0 Å². The highest BCUT2D eigenvalue weighted by molar-refractivity contribution is 9.09. The zero-order chi connectivity index (χ0) is 13.9. The number of para-hydroxylation sites is 1. The van der Waals surface area contributed by atoms with Crippen LogP contribution >= 0.6 is 15.9 Å². The first kappa shape index (κ1) is 13.9. The molecule has 20 heavy (non-hydrogen) atoms. The molecule has 0 radical (unpaired) electrons. The van der Waals surface area contributed by atoms with Crippen molar-refractivity contribution in [1.82, 2.24) is 4.90 Å². The fourth-order valence-corrected chi connectivity index (χ4v) is 3.92. The second kappa shape index (κ2) is 6.17. The number of hydrogen-bond acceptors (Lipinski definition) is 2. The number of benzene rings is 1. The molecular weight excluding hydrogens is 318 g/mol. The van der Waals surface area contributed by atoms with E-state index < -0.39 is 0 Å². The molecule has 0 aromatic heterocycles. The number of halogens is 1. The van der Waals surface area contributed by atoms with Gasteiger partial charge in [-0.3, -0.25) is 4.79 Å². The molecule has 108 valence electrons. The number of rotatable bonds is 2. The lowest BCUT2D eigenvalue weighted by molar-refractivity contribution is -0.136. The molecule has 0 saturated carbocycles. The van der Waals surface area contributed by atoms with Gasteiger partial charge in [-0.25, -0.2) is 0 Å². The number of carbonyl (C=O) groups excluding carboxylic acids is 1. The van der Waals surface area contributed by atoms with Crippen LogP contribution in [0.3, 0.4) is 0 Å². The molecule has 2 atom stereocenters. The first-order valence-electron chi connectivity index (χ1n) is 7.39. The third-order valence-corrected chi connectivity index (χ3v) is 5.09. The molecular formula is C16H20BrNO2. The molecule has 2 heterocycles. The van der Waals surface area contributed by atoms with Crippen molar-refractivity contribution in [1.29, 1.82) is 0 Å². The standard InChI is InChI=1S/C16H20BrNO2/c17-11-12-5-3-4-9-18(12)16(19)14-8-10-20-15-7-2-1-6-13(14)15/h1-2,6-7,12,14H,3-5,8-11H2. The summed E-state index contributed by atoms with van der Waals surface area (Å²) in [6, 6.07) is 8.31. The van der Waals surface area contributed by atoms with E-state index in [-0.39, 0.29) is 11.8 Å². The summed E-state index contributed by atoms with van der Waals surface area (Å²) < 4.78 is 5.66. The lowest BCUT2D eigenvalue weighted by Gasteiger charge is -2.38. The number of carbonyl (C=O) groups is 1. The van der Waals surface area contributed by atoms with E-state index in [4.69, 9.17) is 4.74 Å². The third kappa shape index (κ3) is 2.58. The van der Waals surface area contributed by atoms with Crippen LogP contribution in [0.4, 0.5) is 0 Å². The van der Waals surface area contributed by atoms with Gasteiger partial charge in [-0.1, -0.05) is 34.1 Å². The normalized spacial score (nSPS) is 25.8. The van der Waals surface area contributed by atoms with Crippen LogP contribution < -0.4 is 4.74 Å². The largest absolute Gasteiger partial charge is 0.493 e. The fourth-order valence-electron chi connectivity index (χ4n) is 3.25. The molecule has 1 saturated heterocycles. The lowest BCUT2D eigenvalue weighted by atomic mass is 9.90. The van der Waals surface area contributed by atoms with Crippen molar-refractivity contribution in [3.05, 3.63) is 29.8 Å². The Labute approximate surface area is 128 Å². The molecule has 0 aliphatic carbocycles. The summed E-state index contributed by atoms with van der Waals surface area (Å²) in [5.41, 5.74) is 1.06. The summed E-state index contributed by atoms with van der Waals surface area (Å²) in [4.78, 5) is 15.0. The van der Waals surface area contributed by atoms with Crippen LogP contribution in [-0.4, -0.2) is 35.3 Å². The average molecular weight is 338 g/mol. The second-order valence-corrected chi connectivity index (χ2v) is 6.21. The van der Waals surface area contributed by atoms with Gasteiger partial charge in [0.25, 0.3) is 0 Å². The van der Waals surface area contributed by atoms with Gasteiger partial charge in [0.2, 0.25) is 5.91 Å². The number of fused-ring (bicyclic) bond motifs is 1. The first-order valence-corrected chi connectivity index (χ1v) is 8.51. The molecule has 3 nitrogen and oxygen atoms in total. The monoisotopic (exact) mass is 337 g/mol. The van der Waals surface area contributed by atoms with Gasteiger partial charge in [0, 0.05) is 23.5 Å². The van der Waals surface area contributed by atoms with Crippen LogP contribution in [0, 0.1) is 0 Å². The Kier molecular flexibility index (Phi) is 4.29. The first-order chi connectivity index (χ1) is 9.81. The minimum atomic E-state index is -0.0281. The van der Waals surface area contributed by atoms with Gasteiger partial charge in [0.15, 0.2) is 0 Å². The van der Waals surface area contributed by atoms with Crippen LogP contribution in [-0.2, 0) is 4.79 Å². The summed E-state index contributed by atoms with van der Waals surface area (Å²) in [6.07, 6.45) is 4.26. The van der Waals surface area contributed by atoms with E-state index in [0.717, 1.165) is 42.5 Å². The van der Waals surface area contributed by atoms with E-state index in [9.17, 15) is 4.79 Å². The molecule has 1 fully saturated rings. The predicted octanol–water partition coefficient (Wildman–Crippen LogP) is 3.33. The molecule has 4 heteroatoms. The zero-order valence-corrected chi connectivity index (χ0v) is 13.1. The van der Waals surface area contributed by atoms with Crippen molar-refractivity contribution in [2.45, 2.75) is 37.6 Å². The maximum absolute atomic E-state index is 12.9. The number of piperidine rings is 1. The molecule has 0 bridgehead atoms. The molecule has 3 rings (SSSR count). The maximum Gasteiger partial charge on any atom is 0.230 e. The number of amides is 1. The summed E-state index contributed by atoms with van der Waals surface area (Å²) in [5, 5.41) is 0.879. The van der Waals surface area contributed by atoms with Crippen molar-refractivity contribution in [2.24, 2.45) is 0 Å². The molecule has 2 unspecified atom stereocenters. The van der Waals surface area contributed by atoms with E-state index in [2.05, 4.69) is 20.8 Å². The van der Waals surface area contributed by atoms with E-state index in [0.29, 0.717) is 12.6 Å². The molecule has 2 aliphatic heterocycles. The van der Waals surface area contributed by atoms with Crippen LogP contribution in [0.2, 0.25) is 0 Å². The maximum atomic E-state index is 12.9. The molecule has 2 aliphatic rings. The average Bonchev–Trinajstić information content (AvgIpc) is 2.53. The quantitative estimate of drug-likeness (QED) is 0.774. The van der Waals surface area contributed by atoms with Crippen molar-refractivity contribution >= 4 is 21.8 Å². The highest BCUT2D eigenvalue weighted by Gasteiger charge is 2.34. The van der Waals surface area contributed by atoms with Crippen LogP contribution in [0.1, 0.15) is 37.2 Å². The van der Waals surface area contributed by atoms with Gasteiger partial charge in [0.05, 0.1) is 12.5 Å². The summed E-state index contributed by atoms with van der Waals surface area (Å²) in [5.74, 6) is 1.13. The number of hydrogen-bond donors (Lipinski definition) is 0. The lowest BCUT2D eigenvalue weighted by Crippen LogP contribution is -2.47. The number of ether oxygens (including phenoxy) is 1. The Morgan fingerprint density at radius 3 is 3.00 bits per heavy atom. The fraction of sp³-hybridized carbons (Fsp3) is 0.562. The van der Waals surface area contributed by atoms with Crippen molar-refractivity contribution in [3.8, 4) is 5.75 Å². The number of nitrogens with zero attached hydrogens (tertiary/aromatic N) is 1. The van der Waals surface area contributed by atoms with Gasteiger partial charge in [-0.05, 0) is 31.7 Å². The summed E-state index contributed by atoms with van der Waals surface area (Å²) in [7, 11) is 0. The van der Waals surface area contributed by atoms with Crippen LogP contribution in [0.25, 0.3) is 0 Å². The smallest absolute Gasteiger partial charge is 0.230 e. The van der Waals surface area contributed by atoms with Gasteiger partial charge in [-0.2, -0.15) is 0 Å². The number of alkyl halides is 1. The van der Waals surface area contributed by atoms with E-state index in [1.807, 2.05) is 24.3 Å². The van der Waals surface area contributed by atoms with E-state index in [1.54, 1.807) is 0 Å². The van der Waals surface area contributed by atoms with Gasteiger partial charge < -0.3 is 9.64 Å². The molecule has 0 N–H and O–H groups in total. The minimum Gasteiger partial charge on any atom is -0.493 e. The third-order valence-electron chi connectivity index (χ3n) is 4.34. The molecule has 0 spiro atoms. The number of likely N-dealkylation sites (tertiary alicyclic amines) is 1. The Morgan fingerprint density at radius 2 is 2.15 bits per heavy atom. The highest BCUT2D eigenvalue weighted by Crippen LogP contribution is 2.36. The minimum absolute atomic E-state index is 0.0281. The van der Waals surface area contributed by atoms with Gasteiger partial charge >= 0.3 is 0 Å². The summed E-state index contributed by atoms with van der Waals surface area (Å²) in [6.45, 7) is 1.54. The molecule has 1 aromatic rings. The van der Waals surface area contributed by atoms with Crippen molar-refractivity contribution in [3.63, 3.8) is 0 Å². The highest BCUT2D eigenvalue weighted by atomic mass is 79.9. The topological polar surface area (TPSA) is 29.5 Å². The van der Waals surface area contributed by atoms with Gasteiger partial charge in [0.1, 0.15) is 5.75 Å². The van der Waals surface area contributed by atoms with Gasteiger partial charge in [-0.15, -0.1) is 0 Å². The van der Waals surface area contributed by atoms with Crippen LogP contribution in [0.5, 0.6) is 5.75 Å². The molecule has 1 amide bonds. The Balaban J connectivity index is 1.84. The Bertz CT molecular complexity index is 491. The zero-order valence-electron chi connectivity index (χ0n) is 11.6. The predicted molar refractivity (Wildman–Crippen MR) is 82.4 cm³/mol. The summed E-state index contributed by atoms with van der Waals surface area (Å²) >= 11 is 3.56. The Morgan fingerprint density at radius 1 is 1.30 bits per heavy atom. The van der Waals surface area contributed by atoms with E-state index in [1.165, 1.54) is 6.42 Å². The second-order valence-electron chi connectivity index (χ2n) is 5.56. The van der Waals surface area contributed by atoms with Crippen molar-refractivity contribution < 1.29 is 9.53 Å². The SMILES string of the molecule is O=C(C1CCOc2ccccc21)N1CCCCC1CBr. The Hall–Kier alpha value is -1.03. The molecule has 1 aromatic carbocycles. The van der Waals surface area contributed by atoms with Crippen LogP contribution in [0.15, 0.2) is 24.3 Å².